The number of aryl methyl sites for hydroxylation is 1. The fourth-order valence-electron chi connectivity index (χ4n) is 3.40. The number of anilines is 1. The van der Waals surface area contributed by atoms with Crippen LogP contribution in [0.5, 0.6) is 5.75 Å². The minimum absolute atomic E-state index is 0.145. The van der Waals surface area contributed by atoms with Crippen LogP contribution in [0.15, 0.2) is 53.7 Å². The van der Waals surface area contributed by atoms with E-state index in [0.717, 1.165) is 12.2 Å². The summed E-state index contributed by atoms with van der Waals surface area (Å²) in [7, 11) is 0. The van der Waals surface area contributed by atoms with Crippen molar-refractivity contribution in [3.05, 3.63) is 65.5 Å². The summed E-state index contributed by atoms with van der Waals surface area (Å²) >= 11 is 1.30. The summed E-state index contributed by atoms with van der Waals surface area (Å²) < 4.78 is 13.2. The molecule has 0 fully saturated rings. The molecule has 1 heterocycles. The maximum atomic E-state index is 12.5. The Hall–Kier alpha value is -3.33. The van der Waals surface area contributed by atoms with E-state index in [1.54, 1.807) is 38.1 Å². The van der Waals surface area contributed by atoms with Crippen LogP contribution in [-0.2, 0) is 22.5 Å². The predicted octanol–water partition coefficient (Wildman–Crippen LogP) is 5.30. The number of ether oxygens (including phenoxy) is 2. The summed E-state index contributed by atoms with van der Waals surface area (Å²) in [5.74, 6) is 0.982. The third kappa shape index (κ3) is 7.32. The lowest BCUT2D eigenvalue weighted by atomic mass is 10.2. The first-order valence-electron chi connectivity index (χ1n) is 11.7. The fraction of sp³-hybridized carbons (Fsp3) is 0.385. The second-order valence-electron chi connectivity index (χ2n) is 8.21. The Morgan fingerprint density at radius 1 is 1.06 bits per heavy atom. The van der Waals surface area contributed by atoms with E-state index in [1.807, 2.05) is 30.5 Å². The van der Waals surface area contributed by atoms with E-state index in [1.165, 1.54) is 17.3 Å². The van der Waals surface area contributed by atoms with Gasteiger partial charge in [0.1, 0.15) is 5.75 Å². The number of hydrogen-bond acceptors (Lipinski definition) is 7. The van der Waals surface area contributed by atoms with E-state index in [4.69, 9.17) is 9.47 Å². The van der Waals surface area contributed by atoms with Crippen LogP contribution >= 0.6 is 11.8 Å². The summed E-state index contributed by atoms with van der Waals surface area (Å²) in [6.07, 6.45) is 0.462. The van der Waals surface area contributed by atoms with E-state index in [-0.39, 0.29) is 23.9 Å². The second kappa shape index (κ2) is 12.4. The Morgan fingerprint density at radius 3 is 2.46 bits per heavy atom. The zero-order valence-corrected chi connectivity index (χ0v) is 21.6. The van der Waals surface area contributed by atoms with Crippen molar-refractivity contribution in [2.24, 2.45) is 0 Å². The average molecular weight is 497 g/mol. The molecule has 0 radical (unpaired) electrons. The maximum Gasteiger partial charge on any atom is 0.338 e. The van der Waals surface area contributed by atoms with Gasteiger partial charge in [-0.2, -0.15) is 0 Å². The minimum atomic E-state index is -0.424. The van der Waals surface area contributed by atoms with E-state index in [2.05, 4.69) is 34.6 Å². The van der Waals surface area contributed by atoms with Crippen molar-refractivity contribution in [1.82, 2.24) is 14.8 Å². The van der Waals surface area contributed by atoms with Crippen molar-refractivity contribution in [2.45, 2.75) is 64.9 Å². The van der Waals surface area contributed by atoms with Crippen LogP contribution in [0.1, 0.15) is 62.5 Å². The predicted molar refractivity (Wildman–Crippen MR) is 137 cm³/mol. The van der Waals surface area contributed by atoms with Gasteiger partial charge in [-0.05, 0) is 70.0 Å². The van der Waals surface area contributed by atoms with Crippen LogP contribution < -0.4 is 10.1 Å². The zero-order valence-electron chi connectivity index (χ0n) is 20.8. The first-order chi connectivity index (χ1) is 16.8. The molecular weight excluding hydrogens is 464 g/mol. The SMILES string of the molecule is CCc1ccc(O[C@@H](C)c2nnc(SCC(=O)Nc3cccc(C(=O)OC(C)C)c3)n2CC)cc1. The van der Waals surface area contributed by atoms with Gasteiger partial charge in [-0.1, -0.05) is 36.9 Å². The molecule has 9 heteroatoms. The lowest BCUT2D eigenvalue weighted by molar-refractivity contribution is -0.113. The highest BCUT2D eigenvalue weighted by Crippen LogP contribution is 2.25. The van der Waals surface area contributed by atoms with Crippen molar-refractivity contribution in [3.8, 4) is 5.75 Å². The molecule has 3 aromatic rings. The standard InChI is InChI=1S/C26H32N4O4S/c1-6-19-11-13-22(14-12-19)34-18(5)24-28-29-26(30(24)7-2)35-16-23(31)27-21-10-8-9-20(15-21)25(32)33-17(3)4/h8-15,17-18H,6-7,16H2,1-5H3,(H,27,31)/t18-/m0/s1. The molecule has 2 aromatic carbocycles. The van der Waals surface area contributed by atoms with E-state index in [9.17, 15) is 9.59 Å². The molecular formula is C26H32N4O4S. The third-order valence-corrected chi connectivity index (χ3v) is 6.09. The maximum absolute atomic E-state index is 12.5. The van der Waals surface area contributed by atoms with Gasteiger partial charge in [0.05, 0.1) is 17.4 Å². The van der Waals surface area contributed by atoms with Gasteiger partial charge < -0.3 is 19.4 Å². The quantitative estimate of drug-likeness (QED) is 0.284. The molecule has 0 aliphatic rings. The highest BCUT2D eigenvalue weighted by Gasteiger charge is 2.20. The van der Waals surface area contributed by atoms with Gasteiger partial charge in [0.15, 0.2) is 17.1 Å². The molecule has 0 aliphatic heterocycles. The Kier molecular flexibility index (Phi) is 9.31. The van der Waals surface area contributed by atoms with Crippen LogP contribution in [0.25, 0.3) is 0 Å². The molecule has 0 bridgehead atoms. The number of benzene rings is 2. The number of esters is 1. The number of nitrogens with one attached hydrogen (secondary N) is 1. The van der Waals surface area contributed by atoms with E-state index in [0.29, 0.717) is 28.8 Å². The number of rotatable bonds is 11. The van der Waals surface area contributed by atoms with Gasteiger partial charge in [-0.3, -0.25) is 4.79 Å². The van der Waals surface area contributed by atoms with Gasteiger partial charge in [0, 0.05) is 12.2 Å². The summed E-state index contributed by atoms with van der Waals surface area (Å²) in [6, 6.07) is 14.7. The highest BCUT2D eigenvalue weighted by atomic mass is 32.2. The van der Waals surface area contributed by atoms with Crippen LogP contribution in [-0.4, -0.2) is 38.5 Å². The highest BCUT2D eigenvalue weighted by molar-refractivity contribution is 7.99. The molecule has 8 nitrogen and oxygen atoms in total. The van der Waals surface area contributed by atoms with Gasteiger partial charge >= 0.3 is 5.97 Å². The number of nitrogens with zero attached hydrogens (tertiary/aromatic N) is 3. The Bertz CT molecular complexity index is 1140. The number of amides is 1. The monoisotopic (exact) mass is 496 g/mol. The number of carbonyl (C=O) groups excluding carboxylic acids is 2. The molecule has 0 saturated carbocycles. The van der Waals surface area contributed by atoms with Gasteiger partial charge in [-0.25, -0.2) is 4.79 Å². The van der Waals surface area contributed by atoms with Crippen molar-refractivity contribution < 1.29 is 19.1 Å². The molecule has 0 saturated heterocycles. The second-order valence-corrected chi connectivity index (χ2v) is 9.16. The van der Waals surface area contributed by atoms with Gasteiger partial charge in [-0.15, -0.1) is 10.2 Å². The molecule has 1 N–H and O–H groups in total. The lowest BCUT2D eigenvalue weighted by Crippen LogP contribution is -2.16. The average Bonchev–Trinajstić information content (AvgIpc) is 3.26. The number of thioether (sulfide) groups is 1. The van der Waals surface area contributed by atoms with E-state index >= 15 is 0 Å². The first kappa shape index (κ1) is 26.3. The molecule has 3 rings (SSSR count). The van der Waals surface area contributed by atoms with Gasteiger partial charge in [0.25, 0.3) is 0 Å². The number of aromatic nitrogens is 3. The molecule has 0 spiro atoms. The van der Waals surface area contributed by atoms with Crippen molar-refractivity contribution in [3.63, 3.8) is 0 Å². The van der Waals surface area contributed by atoms with Crippen molar-refractivity contribution >= 4 is 29.3 Å². The summed E-state index contributed by atoms with van der Waals surface area (Å²) in [5.41, 5.74) is 2.17. The zero-order chi connectivity index (χ0) is 25.4. The smallest absolute Gasteiger partial charge is 0.338 e. The molecule has 35 heavy (non-hydrogen) atoms. The molecule has 0 unspecified atom stereocenters. The summed E-state index contributed by atoms with van der Waals surface area (Å²) in [4.78, 5) is 24.7. The Labute approximate surface area is 210 Å². The molecule has 186 valence electrons. The number of carbonyl (C=O) groups is 2. The van der Waals surface area contributed by atoms with E-state index < -0.39 is 5.97 Å². The van der Waals surface area contributed by atoms with Crippen molar-refractivity contribution in [2.75, 3.05) is 11.1 Å². The van der Waals surface area contributed by atoms with Crippen LogP contribution in [0, 0.1) is 0 Å². The van der Waals surface area contributed by atoms with Crippen molar-refractivity contribution in [1.29, 1.82) is 0 Å². The van der Waals surface area contributed by atoms with Crippen LogP contribution in [0.3, 0.4) is 0 Å². The first-order valence-corrected chi connectivity index (χ1v) is 12.7. The van der Waals surface area contributed by atoms with Gasteiger partial charge in [0.2, 0.25) is 5.91 Å². The molecule has 1 amide bonds. The Balaban J connectivity index is 1.60. The Morgan fingerprint density at radius 2 is 1.80 bits per heavy atom. The molecule has 1 atom stereocenters. The topological polar surface area (TPSA) is 95.3 Å². The number of hydrogen-bond donors (Lipinski definition) is 1. The summed E-state index contributed by atoms with van der Waals surface area (Å²) in [5, 5.41) is 12.1. The fourth-order valence-corrected chi connectivity index (χ4v) is 4.21. The normalized spacial score (nSPS) is 11.8. The van der Waals surface area contributed by atoms with Crippen LogP contribution in [0.4, 0.5) is 5.69 Å². The van der Waals surface area contributed by atoms with Crippen LogP contribution in [0.2, 0.25) is 0 Å². The largest absolute Gasteiger partial charge is 0.483 e. The lowest BCUT2D eigenvalue weighted by Gasteiger charge is -2.16. The molecule has 0 aliphatic carbocycles. The minimum Gasteiger partial charge on any atom is -0.483 e. The summed E-state index contributed by atoms with van der Waals surface area (Å²) in [6.45, 7) is 10.3. The third-order valence-electron chi connectivity index (χ3n) is 5.13. The molecule has 1 aromatic heterocycles.